The number of aromatic nitrogens is 2. The average Bonchev–Trinajstić information content (AvgIpc) is 3.10. The molecule has 1 aliphatic rings. The van der Waals surface area contributed by atoms with Crippen LogP contribution in [0.5, 0.6) is 0 Å². The first-order chi connectivity index (χ1) is 9.72. The van der Waals surface area contributed by atoms with E-state index in [-0.39, 0.29) is 36.8 Å². The molecular formula is C14H19Cl2N5O. The van der Waals surface area contributed by atoms with Gasteiger partial charge < -0.3 is 21.4 Å². The zero-order chi connectivity index (χ0) is 13.9. The molecule has 22 heavy (non-hydrogen) atoms. The highest BCUT2D eigenvalue weighted by molar-refractivity contribution is 5.95. The van der Waals surface area contributed by atoms with Crippen molar-refractivity contribution >= 4 is 42.4 Å². The molecule has 120 valence electrons. The molecule has 0 aliphatic carbocycles. The number of benzene rings is 1. The predicted octanol–water partition coefficient (Wildman–Crippen LogP) is 2.19. The lowest BCUT2D eigenvalue weighted by Gasteiger charge is -2.11. The summed E-state index contributed by atoms with van der Waals surface area (Å²) >= 11 is 0. The molecule has 6 nitrogen and oxygen atoms in total. The molecule has 1 aromatic carbocycles. The fraction of sp³-hybridized carbons (Fsp3) is 0.286. The lowest BCUT2D eigenvalue weighted by molar-refractivity contribution is -0.117. The van der Waals surface area contributed by atoms with Gasteiger partial charge in [0, 0.05) is 11.3 Å². The maximum atomic E-state index is 12.1. The van der Waals surface area contributed by atoms with E-state index < -0.39 is 0 Å². The molecule has 1 fully saturated rings. The molecule has 8 heteroatoms. The van der Waals surface area contributed by atoms with Gasteiger partial charge in [-0.3, -0.25) is 4.79 Å². The lowest BCUT2D eigenvalue weighted by atomic mass is 10.1. The second-order valence-electron chi connectivity index (χ2n) is 4.90. The molecule has 0 radical (unpaired) electrons. The number of imidazole rings is 1. The lowest BCUT2D eigenvalue weighted by Crippen LogP contribution is -2.35. The van der Waals surface area contributed by atoms with E-state index in [1.807, 2.05) is 24.3 Å². The summed E-state index contributed by atoms with van der Waals surface area (Å²) in [6, 6.07) is 7.53. The van der Waals surface area contributed by atoms with E-state index in [1.165, 1.54) is 0 Å². The zero-order valence-corrected chi connectivity index (χ0v) is 13.5. The van der Waals surface area contributed by atoms with Gasteiger partial charge in [0.1, 0.15) is 0 Å². The van der Waals surface area contributed by atoms with Gasteiger partial charge in [-0.1, -0.05) is 12.1 Å². The standard InChI is InChI=1S/C14H17N5O.2ClH/c15-14-17-8-12(19-14)9-3-1-4-10(7-9)18-13(20)11-5-2-6-16-11;;/h1,3-4,7-8,11,16H,2,5-6H2,(H,18,20)(H3,15,17,19);2*1H/t11-;;/m0../s1. The molecule has 3 rings (SSSR count). The highest BCUT2D eigenvalue weighted by Gasteiger charge is 2.21. The molecule has 1 saturated heterocycles. The minimum absolute atomic E-state index is 0. The molecule has 0 saturated carbocycles. The molecule has 1 aliphatic heterocycles. The number of H-pyrrole nitrogens is 1. The second kappa shape index (κ2) is 8.03. The monoisotopic (exact) mass is 343 g/mol. The Bertz CT molecular complexity index is 625. The fourth-order valence-electron chi connectivity index (χ4n) is 2.39. The van der Waals surface area contributed by atoms with E-state index in [4.69, 9.17) is 5.73 Å². The summed E-state index contributed by atoms with van der Waals surface area (Å²) in [5.74, 6) is 0.397. The third-order valence-electron chi connectivity index (χ3n) is 3.41. The molecule has 2 aromatic rings. The quantitative estimate of drug-likeness (QED) is 0.686. The van der Waals surface area contributed by atoms with Crippen LogP contribution in [-0.2, 0) is 4.79 Å². The number of nitrogens with two attached hydrogens (primary N) is 1. The molecule has 0 unspecified atom stereocenters. The summed E-state index contributed by atoms with van der Waals surface area (Å²) in [7, 11) is 0. The van der Waals surface area contributed by atoms with Crippen LogP contribution in [0.3, 0.4) is 0 Å². The number of nitrogen functional groups attached to an aromatic ring is 1. The zero-order valence-electron chi connectivity index (χ0n) is 11.8. The number of aromatic amines is 1. The van der Waals surface area contributed by atoms with Gasteiger partial charge in [0.2, 0.25) is 5.91 Å². The number of nitrogens with one attached hydrogen (secondary N) is 3. The SMILES string of the molecule is Cl.Cl.Nc1ncc(-c2cccc(NC(=O)[C@@H]3CCCN3)c2)[nH]1. The highest BCUT2D eigenvalue weighted by atomic mass is 35.5. The van der Waals surface area contributed by atoms with Crippen molar-refractivity contribution in [1.82, 2.24) is 15.3 Å². The maximum Gasteiger partial charge on any atom is 0.241 e. The van der Waals surface area contributed by atoms with Crippen LogP contribution in [0.4, 0.5) is 11.6 Å². The second-order valence-corrected chi connectivity index (χ2v) is 4.90. The van der Waals surface area contributed by atoms with Gasteiger partial charge >= 0.3 is 0 Å². The van der Waals surface area contributed by atoms with Gasteiger partial charge in [0.25, 0.3) is 0 Å². The number of hydrogen-bond donors (Lipinski definition) is 4. The maximum absolute atomic E-state index is 12.1. The van der Waals surface area contributed by atoms with E-state index in [9.17, 15) is 4.79 Å². The van der Waals surface area contributed by atoms with Crippen molar-refractivity contribution in [3.05, 3.63) is 30.5 Å². The van der Waals surface area contributed by atoms with Crippen molar-refractivity contribution in [3.63, 3.8) is 0 Å². The van der Waals surface area contributed by atoms with E-state index in [2.05, 4.69) is 20.6 Å². The van der Waals surface area contributed by atoms with E-state index in [0.29, 0.717) is 5.95 Å². The summed E-state index contributed by atoms with van der Waals surface area (Å²) in [6.45, 7) is 0.908. The molecule has 1 amide bonds. The van der Waals surface area contributed by atoms with Crippen molar-refractivity contribution in [2.45, 2.75) is 18.9 Å². The number of amides is 1. The smallest absolute Gasteiger partial charge is 0.241 e. The number of halogens is 2. The van der Waals surface area contributed by atoms with Crippen molar-refractivity contribution < 1.29 is 4.79 Å². The first kappa shape index (κ1) is 18.3. The Morgan fingerprint density at radius 2 is 2.18 bits per heavy atom. The summed E-state index contributed by atoms with van der Waals surface area (Å²) in [4.78, 5) is 19.0. The van der Waals surface area contributed by atoms with Crippen molar-refractivity contribution in [1.29, 1.82) is 0 Å². The average molecular weight is 344 g/mol. The number of anilines is 2. The van der Waals surface area contributed by atoms with Crippen LogP contribution >= 0.6 is 24.8 Å². The van der Waals surface area contributed by atoms with Crippen molar-refractivity contribution in [2.75, 3.05) is 17.6 Å². The van der Waals surface area contributed by atoms with Crippen LogP contribution in [0.1, 0.15) is 12.8 Å². The highest BCUT2D eigenvalue weighted by Crippen LogP contribution is 2.21. The van der Waals surface area contributed by atoms with Gasteiger partial charge in [-0.2, -0.15) is 0 Å². The summed E-state index contributed by atoms with van der Waals surface area (Å²) in [6.07, 6.45) is 3.61. The molecular weight excluding hydrogens is 325 g/mol. The topological polar surface area (TPSA) is 95.8 Å². The van der Waals surface area contributed by atoms with Crippen molar-refractivity contribution in [2.24, 2.45) is 0 Å². The van der Waals surface area contributed by atoms with Crippen LogP contribution in [0.2, 0.25) is 0 Å². The Hall–Kier alpha value is -1.76. The van der Waals surface area contributed by atoms with E-state index >= 15 is 0 Å². The Kier molecular flexibility index (Phi) is 6.67. The summed E-state index contributed by atoms with van der Waals surface area (Å²) in [5.41, 5.74) is 8.11. The van der Waals surface area contributed by atoms with Gasteiger partial charge in [-0.25, -0.2) is 4.98 Å². The number of carbonyl (C=O) groups is 1. The molecule has 0 spiro atoms. The summed E-state index contributed by atoms with van der Waals surface area (Å²) < 4.78 is 0. The minimum atomic E-state index is -0.0820. The Morgan fingerprint density at radius 1 is 1.36 bits per heavy atom. The minimum Gasteiger partial charge on any atom is -0.369 e. The first-order valence-corrected chi connectivity index (χ1v) is 6.67. The van der Waals surface area contributed by atoms with Crippen LogP contribution in [-0.4, -0.2) is 28.5 Å². The molecule has 1 aromatic heterocycles. The predicted molar refractivity (Wildman–Crippen MR) is 92.6 cm³/mol. The molecule has 5 N–H and O–H groups in total. The summed E-state index contributed by atoms with van der Waals surface area (Å²) in [5, 5.41) is 6.12. The van der Waals surface area contributed by atoms with Gasteiger partial charge in [0.05, 0.1) is 17.9 Å². The van der Waals surface area contributed by atoms with Crippen LogP contribution in [0, 0.1) is 0 Å². The van der Waals surface area contributed by atoms with Gasteiger partial charge in [-0.05, 0) is 31.5 Å². The third-order valence-corrected chi connectivity index (χ3v) is 3.41. The fourth-order valence-corrected chi connectivity index (χ4v) is 2.39. The van der Waals surface area contributed by atoms with Gasteiger partial charge in [-0.15, -0.1) is 24.8 Å². The number of carbonyl (C=O) groups excluding carboxylic acids is 1. The largest absolute Gasteiger partial charge is 0.369 e. The van der Waals surface area contributed by atoms with Gasteiger partial charge in [0.15, 0.2) is 5.95 Å². The molecule has 1 atom stereocenters. The third kappa shape index (κ3) is 4.13. The number of nitrogens with zero attached hydrogens (tertiary/aromatic N) is 1. The first-order valence-electron chi connectivity index (χ1n) is 6.67. The Labute approximate surface area is 141 Å². The van der Waals surface area contributed by atoms with Crippen LogP contribution < -0.4 is 16.4 Å². The van der Waals surface area contributed by atoms with E-state index in [0.717, 1.165) is 36.3 Å². The van der Waals surface area contributed by atoms with E-state index in [1.54, 1.807) is 6.20 Å². The number of hydrogen-bond acceptors (Lipinski definition) is 4. The molecule has 2 heterocycles. The molecule has 0 bridgehead atoms. The number of rotatable bonds is 3. The Morgan fingerprint density at radius 3 is 2.82 bits per heavy atom. The van der Waals surface area contributed by atoms with Crippen LogP contribution in [0.15, 0.2) is 30.5 Å². The normalized spacial score (nSPS) is 16.5. The Balaban J connectivity index is 0.00000121. The van der Waals surface area contributed by atoms with Crippen molar-refractivity contribution in [3.8, 4) is 11.3 Å². The van der Waals surface area contributed by atoms with Crippen LogP contribution in [0.25, 0.3) is 11.3 Å².